The van der Waals surface area contributed by atoms with Gasteiger partial charge in [0.25, 0.3) is 5.91 Å². The molecule has 26 heavy (non-hydrogen) atoms. The highest BCUT2D eigenvalue weighted by atomic mass is 35.5. The number of nitrogens with zero attached hydrogens (tertiary/aromatic N) is 3. The van der Waals surface area contributed by atoms with Gasteiger partial charge in [-0.3, -0.25) is 4.79 Å². The molecule has 2 amide bonds. The number of ether oxygens (including phenoxy) is 1. The topological polar surface area (TPSA) is 98.1 Å². The van der Waals surface area contributed by atoms with Crippen molar-refractivity contribution in [2.24, 2.45) is 0 Å². The van der Waals surface area contributed by atoms with Crippen molar-refractivity contribution in [2.45, 2.75) is 20.3 Å². The van der Waals surface area contributed by atoms with Gasteiger partial charge < -0.3 is 15.4 Å². The average Bonchev–Trinajstić information content (AvgIpc) is 3.03. The molecule has 2 rings (SSSR count). The van der Waals surface area contributed by atoms with Gasteiger partial charge in [-0.05, 0) is 19.1 Å². The van der Waals surface area contributed by atoms with Crippen molar-refractivity contribution in [3.8, 4) is 5.69 Å². The SMILES string of the molecule is CCOC(=O)NCCNC(=O)c1nc(CC)n(-c2c(Cl)cccc2Cl)n1. The first-order valence-corrected chi connectivity index (χ1v) is 8.82. The molecule has 0 radical (unpaired) electrons. The monoisotopic (exact) mass is 399 g/mol. The van der Waals surface area contributed by atoms with Crippen LogP contribution in [-0.4, -0.2) is 46.5 Å². The number of halogens is 2. The molecule has 1 aromatic carbocycles. The van der Waals surface area contributed by atoms with E-state index in [1.54, 1.807) is 25.1 Å². The molecule has 1 aromatic heterocycles. The number of para-hydroxylation sites is 1. The average molecular weight is 400 g/mol. The first kappa shape index (κ1) is 20.0. The Morgan fingerprint density at radius 3 is 2.42 bits per heavy atom. The summed E-state index contributed by atoms with van der Waals surface area (Å²) in [7, 11) is 0. The lowest BCUT2D eigenvalue weighted by atomic mass is 10.3. The van der Waals surface area contributed by atoms with Crippen LogP contribution in [0, 0.1) is 0 Å². The summed E-state index contributed by atoms with van der Waals surface area (Å²) < 4.78 is 6.19. The van der Waals surface area contributed by atoms with E-state index in [0.29, 0.717) is 28.0 Å². The Balaban J connectivity index is 2.08. The lowest BCUT2D eigenvalue weighted by Gasteiger charge is -2.08. The number of aromatic nitrogens is 3. The van der Waals surface area contributed by atoms with Gasteiger partial charge in [-0.25, -0.2) is 14.5 Å². The summed E-state index contributed by atoms with van der Waals surface area (Å²) in [4.78, 5) is 27.6. The summed E-state index contributed by atoms with van der Waals surface area (Å²) in [5, 5.41) is 10.2. The lowest BCUT2D eigenvalue weighted by Crippen LogP contribution is -2.35. The smallest absolute Gasteiger partial charge is 0.407 e. The number of amides is 2. The molecule has 0 atom stereocenters. The molecule has 0 aliphatic heterocycles. The Kier molecular flexibility index (Phi) is 7.23. The van der Waals surface area contributed by atoms with Crippen molar-refractivity contribution < 1.29 is 14.3 Å². The van der Waals surface area contributed by atoms with E-state index in [-0.39, 0.29) is 25.5 Å². The molecule has 8 nitrogen and oxygen atoms in total. The molecule has 0 bridgehead atoms. The molecule has 2 aromatic rings. The van der Waals surface area contributed by atoms with Gasteiger partial charge >= 0.3 is 6.09 Å². The van der Waals surface area contributed by atoms with Crippen LogP contribution in [0.1, 0.15) is 30.3 Å². The predicted molar refractivity (Wildman–Crippen MR) is 98.1 cm³/mol. The van der Waals surface area contributed by atoms with Crippen molar-refractivity contribution in [2.75, 3.05) is 19.7 Å². The number of rotatable bonds is 7. The summed E-state index contributed by atoms with van der Waals surface area (Å²) in [6, 6.07) is 5.09. The Morgan fingerprint density at radius 1 is 1.15 bits per heavy atom. The second-order valence-corrected chi connectivity index (χ2v) is 5.90. The van der Waals surface area contributed by atoms with E-state index in [1.165, 1.54) is 4.68 Å². The van der Waals surface area contributed by atoms with E-state index < -0.39 is 12.0 Å². The van der Waals surface area contributed by atoms with Crippen molar-refractivity contribution in [3.63, 3.8) is 0 Å². The molecule has 0 aliphatic rings. The summed E-state index contributed by atoms with van der Waals surface area (Å²) >= 11 is 12.4. The van der Waals surface area contributed by atoms with Gasteiger partial charge in [0.2, 0.25) is 5.82 Å². The summed E-state index contributed by atoms with van der Waals surface area (Å²) in [6.07, 6.45) is -0.00234. The number of carbonyl (C=O) groups is 2. The van der Waals surface area contributed by atoms with Crippen molar-refractivity contribution in [3.05, 3.63) is 39.9 Å². The molecule has 0 unspecified atom stereocenters. The van der Waals surface area contributed by atoms with Gasteiger partial charge in [0, 0.05) is 19.5 Å². The lowest BCUT2D eigenvalue weighted by molar-refractivity contribution is 0.0942. The zero-order valence-corrected chi connectivity index (χ0v) is 15.9. The Morgan fingerprint density at radius 2 is 1.81 bits per heavy atom. The maximum absolute atomic E-state index is 12.2. The van der Waals surface area contributed by atoms with Crippen LogP contribution in [0.3, 0.4) is 0 Å². The Bertz CT molecular complexity index is 774. The Labute approximate surface area is 160 Å². The first-order valence-electron chi connectivity index (χ1n) is 8.07. The molecular formula is C16H19Cl2N5O3. The molecule has 0 fully saturated rings. The third-order valence-corrected chi connectivity index (χ3v) is 3.91. The number of nitrogens with one attached hydrogen (secondary N) is 2. The van der Waals surface area contributed by atoms with Crippen molar-refractivity contribution in [1.29, 1.82) is 0 Å². The third-order valence-electron chi connectivity index (χ3n) is 3.30. The molecule has 140 valence electrons. The minimum atomic E-state index is -0.536. The number of carbonyl (C=O) groups excluding carboxylic acids is 2. The van der Waals surface area contributed by atoms with Crippen LogP contribution in [0.4, 0.5) is 4.79 Å². The fourth-order valence-electron chi connectivity index (χ4n) is 2.14. The normalized spacial score (nSPS) is 10.5. The minimum Gasteiger partial charge on any atom is -0.450 e. The van der Waals surface area contributed by atoms with Gasteiger partial charge in [0.15, 0.2) is 0 Å². The van der Waals surface area contributed by atoms with Crippen LogP contribution in [0.25, 0.3) is 5.69 Å². The predicted octanol–water partition coefficient (Wildman–Crippen LogP) is 2.61. The fraction of sp³-hybridized carbons (Fsp3) is 0.375. The molecule has 1 heterocycles. The summed E-state index contributed by atoms with van der Waals surface area (Å²) in [5.74, 6) is 0.0797. The number of hydrogen-bond acceptors (Lipinski definition) is 5. The van der Waals surface area contributed by atoms with Crippen LogP contribution in [-0.2, 0) is 11.2 Å². The van der Waals surface area contributed by atoms with Crippen LogP contribution in [0.15, 0.2) is 18.2 Å². The number of hydrogen-bond donors (Lipinski definition) is 2. The molecule has 2 N–H and O–H groups in total. The van der Waals surface area contributed by atoms with E-state index in [1.807, 2.05) is 6.92 Å². The first-order chi connectivity index (χ1) is 12.5. The standard InChI is InChI=1S/C16H19Cl2N5O3/c1-3-12-21-14(15(24)19-8-9-20-16(25)26-4-2)22-23(12)13-10(17)6-5-7-11(13)18/h5-7H,3-4,8-9H2,1-2H3,(H,19,24)(H,20,25). The zero-order valence-electron chi connectivity index (χ0n) is 14.4. The summed E-state index contributed by atoms with van der Waals surface area (Å²) in [5.41, 5.74) is 0.475. The molecule has 0 saturated heterocycles. The van der Waals surface area contributed by atoms with E-state index in [0.717, 1.165) is 0 Å². The largest absolute Gasteiger partial charge is 0.450 e. The van der Waals surface area contributed by atoms with E-state index in [9.17, 15) is 9.59 Å². The van der Waals surface area contributed by atoms with Gasteiger partial charge in [-0.15, -0.1) is 5.10 Å². The number of aryl methyl sites for hydroxylation is 1. The molecule has 0 aliphatic carbocycles. The van der Waals surface area contributed by atoms with Crippen LogP contribution in [0.2, 0.25) is 10.0 Å². The van der Waals surface area contributed by atoms with E-state index in [4.69, 9.17) is 27.9 Å². The Hall–Kier alpha value is -2.32. The van der Waals surface area contributed by atoms with Gasteiger partial charge in [0.05, 0.1) is 16.7 Å². The number of benzene rings is 1. The van der Waals surface area contributed by atoms with Crippen molar-refractivity contribution >= 4 is 35.2 Å². The van der Waals surface area contributed by atoms with Crippen LogP contribution >= 0.6 is 23.2 Å². The summed E-state index contributed by atoms with van der Waals surface area (Å²) in [6.45, 7) is 4.31. The van der Waals surface area contributed by atoms with E-state index in [2.05, 4.69) is 20.7 Å². The fourth-order valence-corrected chi connectivity index (χ4v) is 2.70. The molecule has 0 spiro atoms. The highest BCUT2D eigenvalue weighted by molar-refractivity contribution is 6.37. The minimum absolute atomic E-state index is 0.00558. The van der Waals surface area contributed by atoms with E-state index >= 15 is 0 Å². The zero-order chi connectivity index (χ0) is 19.1. The molecule has 0 saturated carbocycles. The highest BCUT2D eigenvalue weighted by Gasteiger charge is 2.19. The maximum atomic E-state index is 12.2. The van der Waals surface area contributed by atoms with Gasteiger partial charge in [-0.2, -0.15) is 0 Å². The van der Waals surface area contributed by atoms with Gasteiger partial charge in [-0.1, -0.05) is 36.2 Å². The highest BCUT2D eigenvalue weighted by Crippen LogP contribution is 2.28. The molecular weight excluding hydrogens is 381 g/mol. The van der Waals surface area contributed by atoms with Gasteiger partial charge in [0.1, 0.15) is 11.5 Å². The van der Waals surface area contributed by atoms with Crippen molar-refractivity contribution in [1.82, 2.24) is 25.4 Å². The second-order valence-electron chi connectivity index (χ2n) is 5.09. The second kappa shape index (κ2) is 9.40. The van der Waals surface area contributed by atoms with Crippen LogP contribution in [0.5, 0.6) is 0 Å². The number of alkyl carbamates (subject to hydrolysis) is 1. The quantitative estimate of drug-likeness (QED) is 0.697. The molecule has 10 heteroatoms. The maximum Gasteiger partial charge on any atom is 0.407 e. The van der Waals surface area contributed by atoms with Crippen LogP contribution < -0.4 is 10.6 Å². The third kappa shape index (κ3) is 4.86.